The molecule has 3 rings (SSSR count). The van der Waals surface area contributed by atoms with E-state index in [4.69, 9.17) is 21.8 Å². The lowest BCUT2D eigenvalue weighted by Crippen LogP contribution is -2.30. The molecule has 6 nitrogen and oxygen atoms in total. The fourth-order valence-corrected chi connectivity index (χ4v) is 2.90. The Kier molecular flexibility index (Phi) is 6.63. The number of nitrogens with two attached hydrogens (primary N) is 1. The molecule has 0 atom stereocenters. The van der Waals surface area contributed by atoms with Crippen LogP contribution in [0, 0.1) is 6.92 Å². The van der Waals surface area contributed by atoms with E-state index in [-0.39, 0.29) is 0 Å². The van der Waals surface area contributed by atoms with E-state index in [1.54, 1.807) is 57.3 Å². The number of aliphatic hydroxyl groups is 1. The Morgan fingerprint density at radius 2 is 1.84 bits per heavy atom. The van der Waals surface area contributed by atoms with Gasteiger partial charge in [0.1, 0.15) is 11.4 Å². The van der Waals surface area contributed by atoms with Gasteiger partial charge in [-0.1, -0.05) is 30.3 Å². The van der Waals surface area contributed by atoms with Gasteiger partial charge in [-0.05, 0) is 61.9 Å². The van der Waals surface area contributed by atoms with Gasteiger partial charge in [-0.15, -0.1) is 0 Å². The summed E-state index contributed by atoms with van der Waals surface area (Å²) in [5, 5.41) is 14.3. The van der Waals surface area contributed by atoms with Crippen LogP contribution in [-0.2, 0) is 0 Å². The number of rotatable bonds is 7. The van der Waals surface area contributed by atoms with Crippen molar-refractivity contribution in [3.05, 3.63) is 89.7 Å². The zero-order valence-electron chi connectivity index (χ0n) is 17.7. The highest BCUT2D eigenvalue weighted by Gasteiger charge is 2.20. The van der Waals surface area contributed by atoms with E-state index >= 15 is 0 Å². The Morgan fingerprint density at radius 1 is 1.19 bits per heavy atom. The summed E-state index contributed by atoms with van der Waals surface area (Å²) in [4.78, 5) is 8.57. The summed E-state index contributed by atoms with van der Waals surface area (Å²) in [6.07, 6.45) is 3.32. The standard InChI is InChI=1S/C24H25ClN4O2/c1-15(28-20-11-7-18(8-12-20)22-14-27-16(2)31-22)29-23(24(3,4)30)13-21(26)17-5-9-19(25)10-6-17/h5-14,28,30H,1,26H2,2-4H3/b21-13-,29-23+. The summed E-state index contributed by atoms with van der Waals surface area (Å²) in [5.41, 5.74) is 8.28. The van der Waals surface area contributed by atoms with Crippen LogP contribution >= 0.6 is 11.6 Å². The highest BCUT2D eigenvalue weighted by Crippen LogP contribution is 2.23. The van der Waals surface area contributed by atoms with Crippen LogP contribution in [-0.4, -0.2) is 21.4 Å². The Bertz CT molecular complexity index is 1120. The quantitative estimate of drug-likeness (QED) is 0.431. The molecule has 3 aromatic rings. The summed E-state index contributed by atoms with van der Waals surface area (Å²) in [6, 6.07) is 14.7. The van der Waals surface area contributed by atoms with E-state index in [1.165, 1.54) is 0 Å². The third kappa shape index (κ3) is 6.07. The van der Waals surface area contributed by atoms with Crippen LogP contribution in [0.15, 0.2) is 82.6 Å². The van der Waals surface area contributed by atoms with Crippen molar-refractivity contribution < 1.29 is 9.52 Å². The summed E-state index contributed by atoms with van der Waals surface area (Å²) >= 11 is 5.93. The molecule has 0 spiro atoms. The topological polar surface area (TPSA) is 96.7 Å². The largest absolute Gasteiger partial charge is 0.441 e. The first kappa shape index (κ1) is 22.3. The van der Waals surface area contributed by atoms with Crippen molar-refractivity contribution >= 4 is 28.7 Å². The first-order chi connectivity index (χ1) is 14.6. The van der Waals surface area contributed by atoms with E-state index in [1.807, 2.05) is 24.3 Å². The maximum atomic E-state index is 10.6. The number of hydrogen-bond donors (Lipinski definition) is 3. The van der Waals surface area contributed by atoms with Gasteiger partial charge in [-0.25, -0.2) is 9.98 Å². The van der Waals surface area contributed by atoms with Gasteiger partial charge in [0, 0.05) is 28.9 Å². The second kappa shape index (κ2) is 9.20. The van der Waals surface area contributed by atoms with Crippen molar-refractivity contribution in [2.24, 2.45) is 10.7 Å². The van der Waals surface area contributed by atoms with E-state index in [2.05, 4.69) is 21.9 Å². The molecule has 160 valence electrons. The molecule has 1 heterocycles. The predicted molar refractivity (Wildman–Crippen MR) is 127 cm³/mol. The van der Waals surface area contributed by atoms with Gasteiger partial charge in [-0.2, -0.15) is 0 Å². The van der Waals surface area contributed by atoms with Crippen LogP contribution in [0.25, 0.3) is 17.0 Å². The maximum Gasteiger partial charge on any atom is 0.191 e. The molecule has 0 aliphatic rings. The highest BCUT2D eigenvalue weighted by molar-refractivity contribution is 6.30. The molecule has 0 aliphatic heterocycles. The monoisotopic (exact) mass is 436 g/mol. The number of nitrogens with one attached hydrogen (secondary N) is 1. The number of aromatic nitrogens is 1. The van der Waals surface area contributed by atoms with E-state index in [9.17, 15) is 5.11 Å². The molecule has 4 N–H and O–H groups in total. The number of anilines is 1. The predicted octanol–water partition coefficient (Wildman–Crippen LogP) is 5.40. The van der Waals surface area contributed by atoms with Crippen LogP contribution in [0.1, 0.15) is 25.3 Å². The first-order valence-electron chi connectivity index (χ1n) is 9.65. The van der Waals surface area contributed by atoms with Crippen LogP contribution in [0.3, 0.4) is 0 Å². The number of oxazole rings is 1. The number of aryl methyl sites for hydroxylation is 1. The van der Waals surface area contributed by atoms with Gasteiger partial charge in [0.05, 0.1) is 11.9 Å². The fraction of sp³-hybridized carbons (Fsp3) is 0.167. The summed E-state index contributed by atoms with van der Waals surface area (Å²) in [5.74, 6) is 1.68. The van der Waals surface area contributed by atoms with Crippen LogP contribution in [0.2, 0.25) is 5.02 Å². The average Bonchev–Trinajstić information content (AvgIpc) is 3.14. The molecular formula is C24H25ClN4O2. The molecule has 0 bridgehead atoms. The molecule has 2 aromatic carbocycles. The Hall–Kier alpha value is -3.35. The first-order valence-corrected chi connectivity index (χ1v) is 10.0. The molecule has 31 heavy (non-hydrogen) atoms. The second-order valence-corrected chi connectivity index (χ2v) is 7.99. The van der Waals surface area contributed by atoms with Gasteiger partial charge in [0.25, 0.3) is 0 Å². The third-order valence-electron chi connectivity index (χ3n) is 4.43. The molecule has 0 radical (unpaired) electrons. The van der Waals surface area contributed by atoms with E-state index in [0.29, 0.717) is 33.9 Å². The lowest BCUT2D eigenvalue weighted by Gasteiger charge is -2.19. The van der Waals surface area contributed by atoms with Crippen molar-refractivity contribution in [3.8, 4) is 11.3 Å². The lowest BCUT2D eigenvalue weighted by molar-refractivity contribution is 0.155. The number of nitrogens with zero attached hydrogens (tertiary/aromatic N) is 2. The zero-order chi connectivity index (χ0) is 22.6. The van der Waals surface area contributed by atoms with Gasteiger partial charge >= 0.3 is 0 Å². The van der Waals surface area contributed by atoms with Crippen LogP contribution in [0.4, 0.5) is 5.69 Å². The molecule has 1 aromatic heterocycles. The zero-order valence-corrected chi connectivity index (χ0v) is 18.4. The molecule has 0 aliphatic carbocycles. The molecule has 0 unspecified atom stereocenters. The summed E-state index contributed by atoms with van der Waals surface area (Å²) < 4.78 is 5.54. The van der Waals surface area contributed by atoms with Crippen molar-refractivity contribution in [2.45, 2.75) is 26.4 Å². The number of benzene rings is 2. The fourth-order valence-electron chi connectivity index (χ4n) is 2.77. The lowest BCUT2D eigenvalue weighted by atomic mass is 10.00. The molecule has 0 saturated heterocycles. The minimum absolute atomic E-state index is 0.362. The third-order valence-corrected chi connectivity index (χ3v) is 4.68. The SMILES string of the molecule is C=C(/N=C(\C=C(/N)c1ccc(Cl)cc1)C(C)(C)O)Nc1ccc(-c2cnc(C)o2)cc1. The van der Waals surface area contributed by atoms with Crippen molar-refractivity contribution in [3.63, 3.8) is 0 Å². The molecule has 0 saturated carbocycles. The average molecular weight is 437 g/mol. The normalized spacial score (nSPS) is 12.7. The minimum atomic E-state index is -1.23. The van der Waals surface area contributed by atoms with Gasteiger partial charge < -0.3 is 20.6 Å². The van der Waals surface area contributed by atoms with E-state index in [0.717, 1.165) is 16.8 Å². The number of hydrogen-bond acceptors (Lipinski definition) is 6. The van der Waals surface area contributed by atoms with Crippen molar-refractivity contribution in [1.29, 1.82) is 0 Å². The Morgan fingerprint density at radius 3 is 2.39 bits per heavy atom. The molecule has 0 amide bonds. The number of aliphatic imine (C=N–C) groups is 1. The summed E-state index contributed by atoms with van der Waals surface area (Å²) in [7, 11) is 0. The van der Waals surface area contributed by atoms with Crippen molar-refractivity contribution in [1.82, 2.24) is 4.98 Å². The van der Waals surface area contributed by atoms with Crippen molar-refractivity contribution in [2.75, 3.05) is 5.32 Å². The van der Waals surface area contributed by atoms with Gasteiger partial charge in [0.15, 0.2) is 11.7 Å². The van der Waals surface area contributed by atoms with E-state index < -0.39 is 5.60 Å². The molecular weight excluding hydrogens is 412 g/mol. The van der Waals surface area contributed by atoms with Gasteiger partial charge in [-0.3, -0.25) is 0 Å². The Balaban J connectivity index is 1.78. The molecule has 0 fully saturated rings. The maximum absolute atomic E-state index is 10.6. The molecule has 7 heteroatoms. The van der Waals surface area contributed by atoms with Gasteiger partial charge in [0.2, 0.25) is 0 Å². The second-order valence-electron chi connectivity index (χ2n) is 7.56. The summed E-state index contributed by atoms with van der Waals surface area (Å²) in [6.45, 7) is 9.03. The Labute approximate surface area is 186 Å². The smallest absolute Gasteiger partial charge is 0.191 e. The number of halogens is 1. The van der Waals surface area contributed by atoms with Crippen LogP contribution in [0.5, 0.6) is 0 Å². The minimum Gasteiger partial charge on any atom is -0.441 e. The van der Waals surface area contributed by atoms with Crippen LogP contribution < -0.4 is 11.1 Å². The highest BCUT2D eigenvalue weighted by atomic mass is 35.5.